The van der Waals surface area contributed by atoms with Crippen LogP contribution >= 0.6 is 15.9 Å². The lowest BCUT2D eigenvalue weighted by molar-refractivity contribution is -0.109. The molecule has 0 amide bonds. The predicted octanol–water partition coefficient (Wildman–Crippen LogP) is 0.544. The van der Waals surface area contributed by atoms with Crippen LogP contribution in [-0.4, -0.2) is 17.7 Å². The first-order chi connectivity index (χ1) is 3.72. The van der Waals surface area contributed by atoms with E-state index in [0.29, 0.717) is 0 Å². The fraction of sp³-hybridized carbons (Fsp3) is 0.800. The van der Waals surface area contributed by atoms with Crippen LogP contribution in [-0.2, 0) is 4.79 Å². The maximum atomic E-state index is 9.96. The summed E-state index contributed by atoms with van der Waals surface area (Å²) in [6.07, 6.45) is 0.770. The molecule has 0 aromatic heterocycles. The fourth-order valence-corrected chi connectivity index (χ4v) is 0.669. The monoisotopic (exact) mass is 179 g/mol. The van der Waals surface area contributed by atoms with Gasteiger partial charge in [0.25, 0.3) is 0 Å². The number of hydrogen-bond acceptors (Lipinski definition) is 2. The Kier molecular flexibility index (Phi) is 4.09. The number of aldehydes is 1. The minimum Gasteiger partial charge on any atom is -0.322 e. The summed E-state index contributed by atoms with van der Waals surface area (Å²) in [5, 5.41) is 0.785. The minimum atomic E-state index is -0.311. The van der Waals surface area contributed by atoms with Crippen LogP contribution in [0.3, 0.4) is 0 Å². The molecule has 1 unspecified atom stereocenters. The van der Waals surface area contributed by atoms with Gasteiger partial charge in [-0.3, -0.25) is 0 Å². The van der Waals surface area contributed by atoms with Crippen molar-refractivity contribution in [3.05, 3.63) is 0 Å². The van der Waals surface area contributed by atoms with Gasteiger partial charge in [-0.1, -0.05) is 22.9 Å². The van der Waals surface area contributed by atoms with E-state index >= 15 is 0 Å². The molecule has 2 N–H and O–H groups in total. The van der Waals surface area contributed by atoms with Gasteiger partial charge in [0.1, 0.15) is 6.29 Å². The number of carbonyl (C=O) groups is 1. The van der Waals surface area contributed by atoms with E-state index < -0.39 is 0 Å². The molecular formula is C5H10BrNO. The van der Waals surface area contributed by atoms with Crippen LogP contribution in [0.5, 0.6) is 0 Å². The standard InChI is InChI=1S/C5H10BrNO/c1-4(2-6)5(7)3-8/h3-5H,2,7H2,1H3/t4?,5-/m1/s1. The van der Waals surface area contributed by atoms with Crippen LogP contribution in [0.2, 0.25) is 0 Å². The van der Waals surface area contributed by atoms with E-state index in [1.807, 2.05) is 6.92 Å². The Balaban J connectivity index is 3.44. The first-order valence-electron chi connectivity index (χ1n) is 2.49. The normalized spacial score (nSPS) is 17.4. The molecule has 0 spiro atoms. The average Bonchev–Trinajstić information content (AvgIpc) is 1.84. The minimum absolute atomic E-state index is 0.243. The van der Waals surface area contributed by atoms with Crippen molar-refractivity contribution < 1.29 is 4.79 Å². The predicted molar refractivity (Wildman–Crippen MR) is 37.0 cm³/mol. The van der Waals surface area contributed by atoms with E-state index in [-0.39, 0.29) is 12.0 Å². The summed E-state index contributed by atoms with van der Waals surface area (Å²) in [5.41, 5.74) is 5.33. The van der Waals surface area contributed by atoms with E-state index in [1.54, 1.807) is 0 Å². The van der Waals surface area contributed by atoms with E-state index in [2.05, 4.69) is 15.9 Å². The summed E-state index contributed by atoms with van der Waals surface area (Å²) in [6.45, 7) is 1.92. The fourth-order valence-electron chi connectivity index (χ4n) is 0.237. The van der Waals surface area contributed by atoms with Crippen LogP contribution in [0, 0.1) is 5.92 Å². The second-order valence-electron chi connectivity index (χ2n) is 1.85. The molecule has 0 saturated heterocycles. The van der Waals surface area contributed by atoms with Crippen LogP contribution in [0.1, 0.15) is 6.92 Å². The molecule has 0 saturated carbocycles. The quantitative estimate of drug-likeness (QED) is 0.508. The molecular weight excluding hydrogens is 170 g/mol. The zero-order valence-electron chi connectivity index (χ0n) is 4.80. The average molecular weight is 180 g/mol. The number of rotatable bonds is 3. The molecule has 48 valence electrons. The third-order valence-electron chi connectivity index (χ3n) is 1.06. The van der Waals surface area contributed by atoms with Crippen LogP contribution in [0.4, 0.5) is 0 Å². The highest BCUT2D eigenvalue weighted by Crippen LogP contribution is 2.01. The lowest BCUT2D eigenvalue weighted by Gasteiger charge is -2.08. The van der Waals surface area contributed by atoms with Crippen LogP contribution in [0.25, 0.3) is 0 Å². The van der Waals surface area contributed by atoms with Crippen molar-refractivity contribution in [2.45, 2.75) is 13.0 Å². The van der Waals surface area contributed by atoms with Crippen molar-refractivity contribution >= 4 is 22.2 Å². The molecule has 0 rings (SSSR count). The van der Waals surface area contributed by atoms with Gasteiger partial charge in [0, 0.05) is 5.33 Å². The van der Waals surface area contributed by atoms with Gasteiger partial charge in [0.05, 0.1) is 6.04 Å². The highest BCUT2D eigenvalue weighted by Gasteiger charge is 2.07. The first kappa shape index (κ1) is 8.11. The summed E-state index contributed by atoms with van der Waals surface area (Å²) in [4.78, 5) is 9.96. The van der Waals surface area contributed by atoms with Crippen LogP contribution < -0.4 is 5.73 Å². The third-order valence-corrected chi connectivity index (χ3v) is 2.08. The summed E-state index contributed by atoms with van der Waals surface area (Å²) in [7, 11) is 0. The largest absolute Gasteiger partial charge is 0.322 e. The SMILES string of the molecule is CC(CBr)[C@H](N)C=O. The second-order valence-corrected chi connectivity index (χ2v) is 2.49. The van der Waals surface area contributed by atoms with Gasteiger partial charge in [-0.2, -0.15) is 0 Å². The maximum Gasteiger partial charge on any atom is 0.136 e. The molecule has 0 heterocycles. The molecule has 2 atom stereocenters. The lowest BCUT2D eigenvalue weighted by atomic mass is 10.1. The van der Waals surface area contributed by atoms with Crippen molar-refractivity contribution in [2.24, 2.45) is 11.7 Å². The molecule has 0 aliphatic rings. The van der Waals surface area contributed by atoms with E-state index in [4.69, 9.17) is 5.73 Å². The Bertz CT molecular complexity index is 76.8. The molecule has 2 nitrogen and oxygen atoms in total. The maximum absolute atomic E-state index is 9.96. The summed E-state index contributed by atoms with van der Waals surface area (Å²) >= 11 is 3.22. The molecule has 0 aliphatic heterocycles. The molecule has 0 fully saturated rings. The number of halogens is 1. The second kappa shape index (κ2) is 4.04. The van der Waals surface area contributed by atoms with E-state index in [0.717, 1.165) is 11.6 Å². The van der Waals surface area contributed by atoms with E-state index in [9.17, 15) is 4.79 Å². The Morgan fingerprint density at radius 2 is 2.38 bits per heavy atom. The summed E-state index contributed by atoms with van der Waals surface area (Å²) < 4.78 is 0. The number of hydrogen-bond donors (Lipinski definition) is 1. The highest BCUT2D eigenvalue weighted by molar-refractivity contribution is 9.09. The number of carbonyl (C=O) groups excluding carboxylic acids is 1. The highest BCUT2D eigenvalue weighted by atomic mass is 79.9. The Morgan fingerprint density at radius 1 is 1.88 bits per heavy atom. The van der Waals surface area contributed by atoms with Gasteiger partial charge in [-0.05, 0) is 5.92 Å². The smallest absolute Gasteiger partial charge is 0.136 e. The molecule has 0 radical (unpaired) electrons. The zero-order valence-corrected chi connectivity index (χ0v) is 6.39. The summed E-state index contributed by atoms with van der Waals surface area (Å²) in [6, 6.07) is -0.311. The molecule has 0 aromatic rings. The number of nitrogens with two attached hydrogens (primary N) is 1. The van der Waals surface area contributed by atoms with Gasteiger partial charge in [0.15, 0.2) is 0 Å². The van der Waals surface area contributed by atoms with Crippen molar-refractivity contribution in [3.63, 3.8) is 0 Å². The third kappa shape index (κ3) is 2.43. The van der Waals surface area contributed by atoms with Gasteiger partial charge in [-0.15, -0.1) is 0 Å². The molecule has 0 aromatic carbocycles. The molecule has 0 aliphatic carbocycles. The Labute approximate surface area is 57.6 Å². The number of alkyl halides is 1. The van der Waals surface area contributed by atoms with Crippen molar-refractivity contribution in [2.75, 3.05) is 5.33 Å². The van der Waals surface area contributed by atoms with Crippen molar-refractivity contribution in [3.8, 4) is 0 Å². The lowest BCUT2D eigenvalue weighted by Crippen LogP contribution is -2.30. The Hall–Kier alpha value is 0.110. The van der Waals surface area contributed by atoms with Crippen molar-refractivity contribution in [1.29, 1.82) is 0 Å². The molecule has 8 heavy (non-hydrogen) atoms. The van der Waals surface area contributed by atoms with Crippen molar-refractivity contribution in [1.82, 2.24) is 0 Å². The topological polar surface area (TPSA) is 43.1 Å². The van der Waals surface area contributed by atoms with Gasteiger partial charge in [-0.25, -0.2) is 0 Å². The van der Waals surface area contributed by atoms with Crippen LogP contribution in [0.15, 0.2) is 0 Å². The Morgan fingerprint density at radius 3 is 2.50 bits per heavy atom. The molecule has 3 heteroatoms. The summed E-state index contributed by atoms with van der Waals surface area (Å²) in [5.74, 6) is 0.243. The zero-order chi connectivity index (χ0) is 6.57. The van der Waals surface area contributed by atoms with Gasteiger partial charge in [0.2, 0.25) is 0 Å². The first-order valence-corrected chi connectivity index (χ1v) is 3.61. The molecule has 0 bridgehead atoms. The van der Waals surface area contributed by atoms with Gasteiger partial charge < -0.3 is 10.5 Å². The van der Waals surface area contributed by atoms with Gasteiger partial charge >= 0.3 is 0 Å². The van der Waals surface area contributed by atoms with E-state index in [1.165, 1.54) is 0 Å².